The lowest BCUT2D eigenvalue weighted by molar-refractivity contribution is 0.0227. The van der Waals surface area contributed by atoms with Crippen molar-refractivity contribution in [1.82, 2.24) is 10.3 Å². The van der Waals surface area contributed by atoms with E-state index in [0.29, 0.717) is 6.54 Å². The van der Waals surface area contributed by atoms with Crippen LogP contribution in [0.15, 0.2) is 0 Å². The summed E-state index contributed by atoms with van der Waals surface area (Å²) < 4.78 is 5.32. The van der Waals surface area contributed by atoms with Crippen LogP contribution in [0.3, 0.4) is 0 Å². The van der Waals surface area contributed by atoms with Gasteiger partial charge in [-0.2, -0.15) is 0 Å². The Morgan fingerprint density at radius 1 is 1.56 bits per heavy atom. The van der Waals surface area contributed by atoms with Crippen LogP contribution in [-0.2, 0) is 4.74 Å². The van der Waals surface area contributed by atoms with E-state index in [9.17, 15) is 4.79 Å². The largest absolute Gasteiger partial charge is 0.444 e. The molecular weight excluding hydrogens is 230 g/mol. The van der Waals surface area contributed by atoms with Gasteiger partial charge in [-0.25, -0.2) is 4.79 Å². The van der Waals surface area contributed by atoms with Crippen molar-refractivity contribution in [2.75, 3.05) is 13.1 Å². The fourth-order valence-electron chi connectivity index (χ4n) is 1.74. The predicted octanol–water partition coefficient (Wildman–Crippen LogP) is 1.27. The van der Waals surface area contributed by atoms with Gasteiger partial charge in [-0.05, 0) is 33.6 Å². The Kier molecular flexibility index (Phi) is 6.07. The van der Waals surface area contributed by atoms with E-state index < -0.39 is 5.60 Å². The lowest BCUT2D eigenvalue weighted by atomic mass is 10.2. The maximum atomic E-state index is 11.8. The molecule has 6 heteroatoms. The minimum atomic E-state index is -0.430. The fourth-order valence-corrected chi connectivity index (χ4v) is 1.74. The zero-order valence-corrected chi connectivity index (χ0v) is 11.0. The molecule has 0 aliphatic carbocycles. The topological polar surface area (TPSA) is 67.6 Å². The van der Waals surface area contributed by atoms with Crippen LogP contribution < -0.4 is 11.3 Å². The summed E-state index contributed by atoms with van der Waals surface area (Å²) in [6, 6.07) is 0.171. The first kappa shape index (κ1) is 15.5. The molecule has 0 unspecified atom stereocenters. The first-order valence-corrected chi connectivity index (χ1v) is 5.37. The van der Waals surface area contributed by atoms with Crippen LogP contribution in [-0.4, -0.2) is 35.7 Å². The van der Waals surface area contributed by atoms with E-state index in [-0.39, 0.29) is 24.5 Å². The summed E-state index contributed by atoms with van der Waals surface area (Å²) in [7, 11) is 0. The number of hydrazine groups is 1. The van der Waals surface area contributed by atoms with Crippen molar-refractivity contribution in [2.24, 2.45) is 5.84 Å². The first-order valence-electron chi connectivity index (χ1n) is 5.37. The Balaban J connectivity index is 0.00000225. The van der Waals surface area contributed by atoms with Crippen molar-refractivity contribution in [1.29, 1.82) is 0 Å². The van der Waals surface area contributed by atoms with E-state index in [1.54, 1.807) is 4.90 Å². The molecule has 0 aromatic rings. The minimum absolute atomic E-state index is 0. The van der Waals surface area contributed by atoms with Crippen molar-refractivity contribution in [3.05, 3.63) is 0 Å². The molecule has 1 aliphatic rings. The highest BCUT2D eigenvalue weighted by Gasteiger charge is 2.31. The standard InChI is InChI=1S/C10H21N3O2.ClH/c1-10(2,3)15-9(14)13-6-4-5-8(13)7-12-11;/h8,12H,4-7,11H2,1-3H3;1H/t8-;/m0./s1. The summed E-state index contributed by atoms with van der Waals surface area (Å²) in [4.78, 5) is 13.5. The highest BCUT2D eigenvalue weighted by atomic mass is 35.5. The maximum absolute atomic E-state index is 11.8. The normalized spacial score (nSPS) is 20.5. The number of hydrogen-bond acceptors (Lipinski definition) is 4. The quantitative estimate of drug-likeness (QED) is 0.573. The third-order valence-corrected chi connectivity index (χ3v) is 2.36. The van der Waals surface area contributed by atoms with Crippen molar-refractivity contribution in [2.45, 2.75) is 45.3 Å². The predicted molar refractivity (Wildman–Crippen MR) is 65.4 cm³/mol. The monoisotopic (exact) mass is 251 g/mol. The molecule has 1 fully saturated rings. The number of ether oxygens (including phenoxy) is 1. The highest BCUT2D eigenvalue weighted by Crippen LogP contribution is 2.19. The van der Waals surface area contributed by atoms with E-state index in [0.717, 1.165) is 19.4 Å². The third kappa shape index (κ3) is 4.55. The minimum Gasteiger partial charge on any atom is -0.444 e. The van der Waals surface area contributed by atoms with Gasteiger partial charge in [0.2, 0.25) is 0 Å². The molecule has 1 saturated heterocycles. The zero-order valence-electron chi connectivity index (χ0n) is 10.2. The Morgan fingerprint density at radius 2 is 2.19 bits per heavy atom. The van der Waals surface area contributed by atoms with Gasteiger partial charge in [0, 0.05) is 19.1 Å². The Bertz CT molecular complexity index is 231. The van der Waals surface area contributed by atoms with Gasteiger partial charge in [0.05, 0.1) is 0 Å². The summed E-state index contributed by atoms with van der Waals surface area (Å²) in [6.07, 6.45) is 1.77. The number of amides is 1. The highest BCUT2D eigenvalue weighted by molar-refractivity contribution is 5.85. The Morgan fingerprint density at radius 3 is 2.69 bits per heavy atom. The number of hydrogen-bond donors (Lipinski definition) is 2. The maximum Gasteiger partial charge on any atom is 0.410 e. The van der Waals surface area contributed by atoms with E-state index in [2.05, 4.69) is 5.43 Å². The second-order valence-corrected chi connectivity index (χ2v) is 4.88. The van der Waals surface area contributed by atoms with E-state index in [4.69, 9.17) is 10.6 Å². The van der Waals surface area contributed by atoms with Crippen LogP contribution in [0, 0.1) is 0 Å². The molecule has 0 radical (unpaired) electrons. The fraction of sp³-hybridized carbons (Fsp3) is 0.900. The number of nitrogens with two attached hydrogens (primary N) is 1. The number of nitrogens with zero attached hydrogens (tertiary/aromatic N) is 1. The van der Waals surface area contributed by atoms with Gasteiger partial charge in [-0.3, -0.25) is 11.3 Å². The van der Waals surface area contributed by atoms with Crippen molar-refractivity contribution < 1.29 is 9.53 Å². The van der Waals surface area contributed by atoms with Crippen LogP contribution in [0.2, 0.25) is 0 Å². The van der Waals surface area contributed by atoms with Crippen LogP contribution in [0.4, 0.5) is 4.79 Å². The van der Waals surface area contributed by atoms with Gasteiger partial charge in [0.15, 0.2) is 0 Å². The molecule has 5 nitrogen and oxygen atoms in total. The summed E-state index contributed by atoms with van der Waals surface area (Å²) >= 11 is 0. The molecule has 0 aromatic heterocycles. The van der Waals surface area contributed by atoms with Crippen molar-refractivity contribution in [3.8, 4) is 0 Å². The van der Waals surface area contributed by atoms with E-state index in [1.807, 2.05) is 20.8 Å². The molecular formula is C10H22ClN3O2. The Hall–Kier alpha value is -0.520. The third-order valence-electron chi connectivity index (χ3n) is 2.36. The summed E-state index contributed by atoms with van der Waals surface area (Å²) in [5, 5.41) is 0. The number of carbonyl (C=O) groups excluding carboxylic acids is 1. The summed E-state index contributed by atoms with van der Waals surface area (Å²) in [5.74, 6) is 5.27. The second-order valence-electron chi connectivity index (χ2n) is 4.88. The van der Waals surface area contributed by atoms with Gasteiger partial charge < -0.3 is 9.64 Å². The van der Waals surface area contributed by atoms with Gasteiger partial charge in [0.1, 0.15) is 5.60 Å². The SMILES string of the molecule is CC(C)(C)OC(=O)N1CCC[C@H]1CNN.Cl. The smallest absolute Gasteiger partial charge is 0.410 e. The number of rotatable bonds is 2. The van der Waals surface area contributed by atoms with Crippen molar-refractivity contribution >= 4 is 18.5 Å². The zero-order chi connectivity index (χ0) is 11.5. The Labute approximate surface area is 103 Å². The second kappa shape index (κ2) is 6.27. The molecule has 96 valence electrons. The lowest BCUT2D eigenvalue weighted by Gasteiger charge is -2.28. The molecule has 3 N–H and O–H groups in total. The van der Waals surface area contributed by atoms with E-state index in [1.165, 1.54) is 0 Å². The van der Waals surface area contributed by atoms with Gasteiger partial charge >= 0.3 is 6.09 Å². The summed E-state index contributed by atoms with van der Waals surface area (Å²) in [6.45, 7) is 7.01. The molecule has 0 saturated carbocycles. The van der Waals surface area contributed by atoms with Crippen LogP contribution >= 0.6 is 12.4 Å². The molecule has 1 heterocycles. The number of nitrogens with one attached hydrogen (secondary N) is 1. The van der Waals surface area contributed by atoms with Gasteiger partial charge in [-0.1, -0.05) is 0 Å². The van der Waals surface area contributed by atoms with Gasteiger partial charge in [-0.15, -0.1) is 12.4 Å². The molecule has 0 aromatic carbocycles. The average molecular weight is 252 g/mol. The molecule has 1 rings (SSSR count). The first-order chi connectivity index (χ1) is 6.94. The van der Waals surface area contributed by atoms with Crippen LogP contribution in [0.1, 0.15) is 33.6 Å². The lowest BCUT2D eigenvalue weighted by Crippen LogP contribution is -2.45. The van der Waals surface area contributed by atoms with E-state index >= 15 is 0 Å². The number of likely N-dealkylation sites (tertiary alicyclic amines) is 1. The van der Waals surface area contributed by atoms with Crippen LogP contribution in [0.5, 0.6) is 0 Å². The molecule has 1 aliphatic heterocycles. The average Bonchev–Trinajstić information content (AvgIpc) is 2.49. The number of carbonyl (C=O) groups is 1. The molecule has 0 bridgehead atoms. The van der Waals surface area contributed by atoms with Gasteiger partial charge in [0.25, 0.3) is 0 Å². The van der Waals surface area contributed by atoms with Crippen LogP contribution in [0.25, 0.3) is 0 Å². The molecule has 0 spiro atoms. The number of halogens is 1. The summed E-state index contributed by atoms with van der Waals surface area (Å²) in [5.41, 5.74) is 2.18. The molecule has 16 heavy (non-hydrogen) atoms. The molecule has 1 amide bonds. The molecule has 1 atom stereocenters. The van der Waals surface area contributed by atoms with Crippen molar-refractivity contribution in [3.63, 3.8) is 0 Å².